The normalized spacial score (nSPS) is 11.9. The van der Waals surface area contributed by atoms with Crippen molar-refractivity contribution >= 4 is 5.97 Å². The van der Waals surface area contributed by atoms with Crippen LogP contribution >= 0.6 is 0 Å². The molecule has 0 fully saturated rings. The Kier molecular flexibility index (Phi) is 26.9. The smallest absolute Gasteiger partial charge is 0.550 e. The van der Waals surface area contributed by atoms with Crippen LogP contribution in [0.3, 0.4) is 0 Å². The second kappa shape index (κ2) is 24.5. The van der Waals surface area contributed by atoms with Crippen LogP contribution in [0.4, 0.5) is 0 Å². The maximum atomic E-state index is 11.2. The predicted molar refractivity (Wildman–Crippen MR) is 112 cm³/mol. The summed E-state index contributed by atoms with van der Waals surface area (Å²) in [5, 5.41) is 11.2. The molecular weight excluding hydrogens is 343 g/mol. The van der Waals surface area contributed by atoms with E-state index in [0.29, 0.717) is 0 Å². The summed E-state index contributed by atoms with van der Waals surface area (Å²) in [5.74, 6) is -1.03. The minimum absolute atomic E-state index is 0. The minimum atomic E-state index is -0.823. The third-order valence-electron chi connectivity index (χ3n) is 5.65. The van der Waals surface area contributed by atoms with Crippen molar-refractivity contribution in [3.05, 3.63) is 0 Å². The molecule has 0 N–H and O–H groups in total. The number of aliphatic carboxylic acids is 1. The molecular formula is C24H47NaO2. The van der Waals surface area contributed by atoms with Gasteiger partial charge in [0, 0.05) is 5.97 Å². The summed E-state index contributed by atoms with van der Waals surface area (Å²) in [7, 11) is 0. The van der Waals surface area contributed by atoms with Gasteiger partial charge in [0.1, 0.15) is 0 Å². The number of carbonyl (C=O) groups is 1. The second-order valence-corrected chi connectivity index (χ2v) is 8.25. The van der Waals surface area contributed by atoms with E-state index in [0.717, 1.165) is 25.7 Å². The Morgan fingerprint density at radius 1 is 0.556 bits per heavy atom. The molecule has 0 spiro atoms. The Balaban J connectivity index is 0. The molecule has 0 rings (SSSR count). The first-order valence-electron chi connectivity index (χ1n) is 11.9. The maximum absolute atomic E-state index is 11.2. The summed E-state index contributed by atoms with van der Waals surface area (Å²) in [5.41, 5.74) is 0. The number of carbonyl (C=O) groups excluding carboxylic acids is 1. The molecule has 27 heavy (non-hydrogen) atoms. The molecule has 0 bridgehead atoms. The van der Waals surface area contributed by atoms with Gasteiger partial charge in [-0.05, 0) is 18.8 Å². The van der Waals surface area contributed by atoms with Gasteiger partial charge in [0.2, 0.25) is 0 Å². The second-order valence-electron chi connectivity index (χ2n) is 8.25. The average molecular weight is 391 g/mol. The van der Waals surface area contributed by atoms with Gasteiger partial charge in [-0.1, -0.05) is 129 Å². The Labute approximate surface area is 193 Å². The van der Waals surface area contributed by atoms with E-state index >= 15 is 0 Å². The largest absolute Gasteiger partial charge is 1.00 e. The molecule has 0 aliphatic rings. The molecule has 3 heteroatoms. The van der Waals surface area contributed by atoms with Gasteiger partial charge in [0.25, 0.3) is 0 Å². The zero-order chi connectivity index (χ0) is 19.3. The molecule has 0 heterocycles. The maximum Gasteiger partial charge on any atom is 1.00 e. The monoisotopic (exact) mass is 390 g/mol. The van der Waals surface area contributed by atoms with Crippen molar-refractivity contribution in [3.63, 3.8) is 0 Å². The summed E-state index contributed by atoms with van der Waals surface area (Å²) in [4.78, 5) is 11.2. The average Bonchev–Trinajstić information content (AvgIpc) is 2.63. The molecule has 0 saturated heterocycles. The van der Waals surface area contributed by atoms with Crippen molar-refractivity contribution in [3.8, 4) is 0 Å². The van der Waals surface area contributed by atoms with Gasteiger partial charge in [-0.25, -0.2) is 0 Å². The quantitative estimate of drug-likeness (QED) is 0.218. The van der Waals surface area contributed by atoms with Crippen LogP contribution in [-0.2, 0) is 4.79 Å². The van der Waals surface area contributed by atoms with E-state index < -0.39 is 5.97 Å². The third kappa shape index (κ3) is 22.6. The van der Waals surface area contributed by atoms with Gasteiger partial charge in [-0.15, -0.1) is 0 Å². The van der Waals surface area contributed by atoms with Gasteiger partial charge >= 0.3 is 29.6 Å². The Morgan fingerprint density at radius 3 is 1.11 bits per heavy atom. The van der Waals surface area contributed by atoms with Gasteiger partial charge in [0.05, 0.1) is 0 Å². The predicted octanol–water partition coefficient (Wildman–Crippen LogP) is 4.20. The number of carboxylic acids is 1. The zero-order valence-electron chi connectivity index (χ0n) is 19.0. The topological polar surface area (TPSA) is 40.1 Å². The number of rotatable bonds is 21. The third-order valence-corrected chi connectivity index (χ3v) is 5.65. The SMILES string of the molecule is CCCCCCCCCCCCCCCCC(CCCCCC)C(=O)[O-].[Na+]. The fourth-order valence-corrected chi connectivity index (χ4v) is 3.78. The molecule has 1 unspecified atom stereocenters. The first-order chi connectivity index (χ1) is 12.7. The summed E-state index contributed by atoms with van der Waals surface area (Å²) < 4.78 is 0. The number of carboxylic acid groups (broad SMARTS) is 1. The van der Waals surface area contributed by atoms with Crippen molar-refractivity contribution in [1.29, 1.82) is 0 Å². The standard InChI is InChI=1S/C24H48O2.Na/c1-3-5-7-9-10-11-12-13-14-15-16-17-18-20-22-23(24(25)26)21-19-8-6-4-2;/h23H,3-22H2,1-2H3,(H,25,26);/q;+1/p-1. The summed E-state index contributed by atoms with van der Waals surface area (Å²) in [6.07, 6.45) is 25.1. The molecule has 156 valence electrons. The fourth-order valence-electron chi connectivity index (χ4n) is 3.78. The first kappa shape index (κ1) is 29.7. The molecule has 2 nitrogen and oxygen atoms in total. The van der Waals surface area contributed by atoms with E-state index in [1.54, 1.807) is 0 Å². The number of hydrogen-bond donors (Lipinski definition) is 0. The van der Waals surface area contributed by atoms with E-state index in [2.05, 4.69) is 13.8 Å². The molecule has 0 aromatic rings. The van der Waals surface area contributed by atoms with Crippen LogP contribution in [0.25, 0.3) is 0 Å². The molecule has 1 atom stereocenters. The number of hydrogen-bond acceptors (Lipinski definition) is 2. The van der Waals surface area contributed by atoms with Crippen LogP contribution in [0.1, 0.15) is 142 Å². The summed E-state index contributed by atoms with van der Waals surface area (Å²) in [6.45, 7) is 4.46. The van der Waals surface area contributed by atoms with Crippen LogP contribution < -0.4 is 34.7 Å². The van der Waals surface area contributed by atoms with E-state index in [9.17, 15) is 9.90 Å². The van der Waals surface area contributed by atoms with E-state index in [-0.39, 0.29) is 35.5 Å². The van der Waals surface area contributed by atoms with E-state index in [1.807, 2.05) is 0 Å². The first-order valence-corrected chi connectivity index (χ1v) is 11.9. The molecule has 0 aromatic carbocycles. The van der Waals surface area contributed by atoms with Gasteiger partial charge in [-0.2, -0.15) is 0 Å². The minimum Gasteiger partial charge on any atom is -0.550 e. The summed E-state index contributed by atoms with van der Waals surface area (Å²) >= 11 is 0. The van der Waals surface area contributed by atoms with Gasteiger partial charge in [-0.3, -0.25) is 0 Å². The molecule has 0 aliphatic heterocycles. The van der Waals surface area contributed by atoms with Crippen LogP contribution in [0.5, 0.6) is 0 Å². The molecule has 0 amide bonds. The Hall–Kier alpha value is 0.470. The molecule has 0 aliphatic carbocycles. The van der Waals surface area contributed by atoms with Crippen LogP contribution in [-0.4, -0.2) is 5.97 Å². The fraction of sp³-hybridized carbons (Fsp3) is 0.958. The van der Waals surface area contributed by atoms with Crippen LogP contribution in [0.15, 0.2) is 0 Å². The van der Waals surface area contributed by atoms with Crippen molar-refractivity contribution in [2.45, 2.75) is 142 Å². The van der Waals surface area contributed by atoms with Gasteiger partial charge < -0.3 is 9.90 Å². The van der Waals surface area contributed by atoms with Gasteiger partial charge in [0.15, 0.2) is 0 Å². The van der Waals surface area contributed by atoms with E-state index in [1.165, 1.54) is 103 Å². The van der Waals surface area contributed by atoms with Crippen molar-refractivity contribution in [1.82, 2.24) is 0 Å². The number of unbranched alkanes of at least 4 members (excludes halogenated alkanes) is 16. The van der Waals surface area contributed by atoms with Crippen molar-refractivity contribution in [2.75, 3.05) is 0 Å². The zero-order valence-corrected chi connectivity index (χ0v) is 21.0. The summed E-state index contributed by atoms with van der Waals surface area (Å²) in [6, 6.07) is 0. The Morgan fingerprint density at radius 2 is 0.815 bits per heavy atom. The van der Waals surface area contributed by atoms with Crippen LogP contribution in [0.2, 0.25) is 0 Å². The van der Waals surface area contributed by atoms with Crippen LogP contribution in [0, 0.1) is 5.92 Å². The molecule has 0 aromatic heterocycles. The molecule has 0 radical (unpaired) electrons. The van der Waals surface area contributed by atoms with Crippen molar-refractivity contribution in [2.24, 2.45) is 5.92 Å². The van der Waals surface area contributed by atoms with Crippen molar-refractivity contribution < 1.29 is 39.5 Å². The Bertz CT molecular complexity index is 294. The van der Waals surface area contributed by atoms with E-state index in [4.69, 9.17) is 0 Å². The molecule has 0 saturated carbocycles.